The lowest BCUT2D eigenvalue weighted by molar-refractivity contribution is -0.113. The van der Waals surface area contributed by atoms with Crippen LogP contribution < -0.4 is 5.73 Å². The van der Waals surface area contributed by atoms with Crippen LogP contribution in [-0.2, 0) is 9.22 Å². The Balaban J connectivity index is 1.77. The predicted octanol–water partition coefficient (Wildman–Crippen LogP) is 5.54. The molecule has 2 heterocycles. The van der Waals surface area contributed by atoms with Crippen molar-refractivity contribution in [3.63, 3.8) is 0 Å². The van der Waals surface area contributed by atoms with Crippen molar-refractivity contribution in [2.24, 2.45) is 10.7 Å². The molecular formula is C23H28N4O2S2Si. The Morgan fingerprint density at radius 1 is 1.34 bits per heavy atom. The van der Waals surface area contributed by atoms with Crippen molar-refractivity contribution in [1.29, 1.82) is 5.26 Å². The number of aliphatic imine (C=N–C) groups is 1. The van der Waals surface area contributed by atoms with Crippen LogP contribution in [0.3, 0.4) is 0 Å². The van der Waals surface area contributed by atoms with Gasteiger partial charge in [0.2, 0.25) is 0 Å². The minimum absolute atomic E-state index is 0.190. The van der Waals surface area contributed by atoms with Gasteiger partial charge in [-0.25, -0.2) is 0 Å². The number of rotatable bonds is 7. The molecule has 0 saturated heterocycles. The molecule has 1 aliphatic heterocycles. The molecule has 0 unspecified atom stereocenters. The highest BCUT2D eigenvalue weighted by atomic mass is 32.2. The molecule has 3 rings (SSSR count). The first kappa shape index (κ1) is 24.5. The van der Waals surface area contributed by atoms with Gasteiger partial charge in [-0.15, -0.1) is 11.8 Å². The molecule has 1 aromatic carbocycles. The van der Waals surface area contributed by atoms with E-state index in [1.54, 1.807) is 24.0 Å². The fraction of sp³-hybridized carbons (Fsp3) is 0.391. The zero-order chi connectivity index (χ0) is 23.5. The molecule has 0 fully saturated rings. The van der Waals surface area contributed by atoms with Crippen LogP contribution in [0, 0.1) is 11.3 Å². The molecule has 2 aromatic rings. The normalized spacial score (nSPS) is 15.9. The number of nitrogens with zero attached hydrogens (tertiary/aromatic N) is 3. The number of aromatic nitrogens is 1. The van der Waals surface area contributed by atoms with E-state index >= 15 is 0 Å². The van der Waals surface area contributed by atoms with Gasteiger partial charge in [-0.05, 0) is 60.1 Å². The van der Waals surface area contributed by atoms with Crippen molar-refractivity contribution in [1.82, 2.24) is 4.98 Å². The van der Waals surface area contributed by atoms with Crippen molar-refractivity contribution in [3.05, 3.63) is 40.4 Å². The third kappa shape index (κ3) is 5.62. The van der Waals surface area contributed by atoms with Crippen molar-refractivity contribution in [2.45, 2.75) is 50.2 Å². The first-order valence-electron chi connectivity index (χ1n) is 10.4. The summed E-state index contributed by atoms with van der Waals surface area (Å²) in [6.07, 6.45) is 4.30. The van der Waals surface area contributed by atoms with Crippen LogP contribution in [0.5, 0.6) is 0 Å². The lowest BCUT2D eigenvalue weighted by Gasteiger charge is -2.36. The van der Waals surface area contributed by atoms with E-state index in [1.165, 1.54) is 0 Å². The Hall–Kier alpha value is -2.12. The molecule has 9 heteroatoms. The van der Waals surface area contributed by atoms with Crippen molar-refractivity contribution >= 4 is 59.9 Å². The summed E-state index contributed by atoms with van der Waals surface area (Å²) in [4.78, 5) is 21.5. The van der Waals surface area contributed by atoms with Crippen molar-refractivity contribution in [3.8, 4) is 6.07 Å². The zero-order valence-corrected chi connectivity index (χ0v) is 21.7. The number of carbonyl (C=O) groups excluding carboxylic acids is 1. The number of nitrogens with two attached hydrogens (primary N) is 1. The molecule has 0 saturated carbocycles. The van der Waals surface area contributed by atoms with E-state index in [0.717, 1.165) is 45.3 Å². The Bertz CT molecular complexity index is 1150. The minimum Gasteiger partial charge on any atom is -0.417 e. The summed E-state index contributed by atoms with van der Waals surface area (Å²) < 4.78 is 6.27. The zero-order valence-electron chi connectivity index (χ0n) is 19.1. The van der Waals surface area contributed by atoms with Gasteiger partial charge in [-0.1, -0.05) is 26.8 Å². The van der Waals surface area contributed by atoms with Gasteiger partial charge < -0.3 is 10.2 Å². The van der Waals surface area contributed by atoms with Gasteiger partial charge in [0.15, 0.2) is 13.5 Å². The molecule has 2 N–H and O–H groups in total. The third-order valence-corrected chi connectivity index (χ3v) is 12.3. The number of thioether (sulfide) groups is 2. The molecule has 0 bridgehead atoms. The number of hydrogen-bond acceptors (Lipinski definition) is 7. The molecule has 0 spiro atoms. The van der Waals surface area contributed by atoms with E-state index in [0.29, 0.717) is 17.1 Å². The van der Waals surface area contributed by atoms with E-state index in [2.05, 4.69) is 49.9 Å². The molecular weight excluding hydrogens is 456 g/mol. The SMILES string of the molecule is CC(C)(C)[Si](C)(C)OCCCSc1c(C#N)cnc2ccc(/C=C3\SC(N)=NC3=O)cc12. The summed E-state index contributed by atoms with van der Waals surface area (Å²) >= 11 is 2.81. The topological polar surface area (TPSA) is 101 Å². The number of nitriles is 1. The van der Waals surface area contributed by atoms with Gasteiger partial charge in [0.25, 0.3) is 5.91 Å². The highest BCUT2D eigenvalue weighted by molar-refractivity contribution is 8.18. The summed E-state index contributed by atoms with van der Waals surface area (Å²) in [5.74, 6) is 0.514. The van der Waals surface area contributed by atoms with Gasteiger partial charge in [-0.2, -0.15) is 10.3 Å². The van der Waals surface area contributed by atoms with E-state index in [4.69, 9.17) is 10.2 Å². The maximum absolute atomic E-state index is 11.9. The van der Waals surface area contributed by atoms with Crippen LogP contribution >= 0.6 is 23.5 Å². The number of hydrogen-bond donors (Lipinski definition) is 1. The lowest BCUT2D eigenvalue weighted by atomic mass is 10.1. The number of amidine groups is 1. The molecule has 6 nitrogen and oxygen atoms in total. The molecule has 0 aliphatic carbocycles. The van der Waals surface area contributed by atoms with Gasteiger partial charge in [0, 0.05) is 28.8 Å². The average molecular weight is 485 g/mol. The number of amides is 1. The summed E-state index contributed by atoms with van der Waals surface area (Å²) in [7, 11) is -1.76. The predicted molar refractivity (Wildman–Crippen MR) is 137 cm³/mol. The highest BCUT2D eigenvalue weighted by Crippen LogP contribution is 2.37. The monoisotopic (exact) mass is 484 g/mol. The molecule has 1 aromatic heterocycles. The van der Waals surface area contributed by atoms with Gasteiger partial charge in [0.1, 0.15) is 6.07 Å². The van der Waals surface area contributed by atoms with Crippen LogP contribution in [0.15, 0.2) is 39.2 Å². The van der Waals surface area contributed by atoms with Crippen LogP contribution in [-0.4, -0.2) is 36.7 Å². The maximum atomic E-state index is 11.9. The van der Waals surface area contributed by atoms with Gasteiger partial charge >= 0.3 is 0 Å². The first-order valence-corrected chi connectivity index (χ1v) is 15.1. The quantitative estimate of drug-likeness (QED) is 0.238. The number of benzene rings is 1. The van der Waals surface area contributed by atoms with Crippen LogP contribution in [0.25, 0.3) is 17.0 Å². The lowest BCUT2D eigenvalue weighted by Crippen LogP contribution is -2.41. The first-order chi connectivity index (χ1) is 15.0. The Labute approximate surface area is 198 Å². The van der Waals surface area contributed by atoms with E-state index in [-0.39, 0.29) is 16.1 Å². The molecule has 0 atom stereocenters. The van der Waals surface area contributed by atoms with Crippen molar-refractivity contribution in [2.75, 3.05) is 12.4 Å². The summed E-state index contributed by atoms with van der Waals surface area (Å²) in [6.45, 7) is 11.9. The third-order valence-electron chi connectivity index (χ3n) is 5.70. The summed E-state index contributed by atoms with van der Waals surface area (Å²) in [5.41, 5.74) is 7.86. The number of fused-ring (bicyclic) bond motifs is 1. The second-order valence-electron chi connectivity index (χ2n) is 9.07. The Kier molecular flexibility index (Phi) is 7.50. The summed E-state index contributed by atoms with van der Waals surface area (Å²) in [5, 5.41) is 11.0. The maximum Gasteiger partial charge on any atom is 0.286 e. The van der Waals surface area contributed by atoms with Gasteiger partial charge in [0.05, 0.1) is 16.0 Å². The minimum atomic E-state index is -1.76. The fourth-order valence-electron chi connectivity index (χ4n) is 2.86. The van der Waals surface area contributed by atoms with E-state index in [9.17, 15) is 10.1 Å². The standard InChI is InChI=1S/C23H28N4O2S2Si/c1-23(2,3)32(4,5)29-9-6-10-30-20-16(13-24)14-26-18-8-7-15(11-17(18)20)12-19-21(28)27-22(25)31-19/h7-8,11-12,14H,6,9-10H2,1-5H3,(H2,25,27,28)/b19-12-. The van der Waals surface area contributed by atoms with Crippen LogP contribution in [0.4, 0.5) is 0 Å². The average Bonchev–Trinajstić information content (AvgIpc) is 3.03. The van der Waals surface area contributed by atoms with Gasteiger partial charge in [-0.3, -0.25) is 9.78 Å². The fourth-order valence-corrected chi connectivity index (χ4v) is 5.67. The number of pyridine rings is 1. The van der Waals surface area contributed by atoms with Crippen molar-refractivity contribution < 1.29 is 9.22 Å². The van der Waals surface area contributed by atoms with E-state index in [1.807, 2.05) is 18.2 Å². The second kappa shape index (κ2) is 9.79. The Morgan fingerprint density at radius 3 is 2.72 bits per heavy atom. The molecule has 168 valence electrons. The Morgan fingerprint density at radius 2 is 2.09 bits per heavy atom. The molecule has 1 amide bonds. The van der Waals surface area contributed by atoms with Crippen LogP contribution in [0.2, 0.25) is 18.1 Å². The molecule has 1 aliphatic rings. The summed E-state index contributed by atoms with van der Waals surface area (Å²) in [6, 6.07) is 8.03. The van der Waals surface area contributed by atoms with Crippen LogP contribution in [0.1, 0.15) is 38.3 Å². The molecule has 32 heavy (non-hydrogen) atoms. The largest absolute Gasteiger partial charge is 0.417 e. The highest BCUT2D eigenvalue weighted by Gasteiger charge is 2.36. The number of carbonyl (C=O) groups is 1. The molecule has 0 radical (unpaired) electrons. The van der Waals surface area contributed by atoms with E-state index < -0.39 is 8.32 Å². The smallest absolute Gasteiger partial charge is 0.286 e. The second-order valence-corrected chi connectivity index (χ2v) is 16.0.